The molecular formula is C8H9N5. The summed E-state index contributed by atoms with van der Waals surface area (Å²) >= 11 is 0. The van der Waals surface area contributed by atoms with Gasteiger partial charge in [-0.25, -0.2) is 9.97 Å². The molecule has 0 aliphatic heterocycles. The van der Waals surface area contributed by atoms with Crippen LogP contribution in [-0.2, 0) is 0 Å². The van der Waals surface area contributed by atoms with Crippen molar-refractivity contribution in [3.63, 3.8) is 0 Å². The molecule has 0 saturated heterocycles. The summed E-state index contributed by atoms with van der Waals surface area (Å²) in [6.07, 6.45) is 6.83. The average Bonchev–Trinajstić information content (AvgIpc) is 2.62. The highest BCUT2D eigenvalue weighted by molar-refractivity contribution is 5.35. The Hall–Kier alpha value is -2.04. The molecule has 5 nitrogen and oxygen atoms in total. The zero-order valence-corrected chi connectivity index (χ0v) is 6.88. The molecule has 0 bridgehead atoms. The molecule has 0 aliphatic carbocycles. The van der Waals surface area contributed by atoms with Crippen molar-refractivity contribution in [3.05, 3.63) is 36.9 Å². The van der Waals surface area contributed by atoms with Crippen molar-refractivity contribution in [3.8, 4) is 0 Å². The van der Waals surface area contributed by atoms with Gasteiger partial charge in [0.2, 0.25) is 0 Å². The van der Waals surface area contributed by atoms with Crippen LogP contribution in [0.1, 0.15) is 0 Å². The first-order chi connectivity index (χ1) is 6.34. The van der Waals surface area contributed by atoms with Crippen LogP contribution < -0.4 is 11.2 Å². The van der Waals surface area contributed by atoms with Gasteiger partial charge in [-0.15, -0.1) is 0 Å². The van der Waals surface area contributed by atoms with Crippen molar-refractivity contribution in [1.82, 2.24) is 14.6 Å². The van der Waals surface area contributed by atoms with Crippen molar-refractivity contribution in [2.75, 3.05) is 11.2 Å². The molecule has 2 aromatic rings. The Bertz CT molecular complexity index is 364. The normalized spacial score (nSPS) is 9.85. The van der Waals surface area contributed by atoms with E-state index in [1.807, 2.05) is 24.5 Å². The number of nitrogens with two attached hydrogens (primary N) is 1. The maximum absolute atomic E-state index is 5.39. The number of hydrogen-bond donors (Lipinski definition) is 2. The number of rotatable bonds is 2. The summed E-state index contributed by atoms with van der Waals surface area (Å²) in [6.45, 7) is 0. The summed E-state index contributed by atoms with van der Waals surface area (Å²) in [7, 11) is 0. The first-order valence-corrected chi connectivity index (χ1v) is 3.82. The predicted molar refractivity (Wildman–Crippen MR) is 49.9 cm³/mol. The molecule has 0 unspecified atom stereocenters. The van der Waals surface area contributed by atoms with E-state index in [2.05, 4.69) is 15.4 Å². The SMILES string of the molecule is Nc1cnc(Nn2cccc2)cn1. The fourth-order valence-corrected chi connectivity index (χ4v) is 0.937. The number of aromatic nitrogens is 3. The van der Waals surface area contributed by atoms with Crippen LogP contribution in [0.3, 0.4) is 0 Å². The Morgan fingerprint density at radius 3 is 2.54 bits per heavy atom. The van der Waals surface area contributed by atoms with E-state index >= 15 is 0 Å². The Labute approximate surface area is 75.2 Å². The van der Waals surface area contributed by atoms with E-state index in [4.69, 9.17) is 5.73 Å². The van der Waals surface area contributed by atoms with Crippen molar-refractivity contribution in [1.29, 1.82) is 0 Å². The van der Waals surface area contributed by atoms with Crippen molar-refractivity contribution < 1.29 is 0 Å². The number of anilines is 2. The van der Waals surface area contributed by atoms with Gasteiger partial charge < -0.3 is 5.73 Å². The molecule has 0 aromatic carbocycles. The summed E-state index contributed by atoms with van der Waals surface area (Å²) in [5.41, 5.74) is 8.39. The van der Waals surface area contributed by atoms with E-state index in [0.29, 0.717) is 11.6 Å². The highest BCUT2D eigenvalue weighted by Gasteiger charge is 1.93. The monoisotopic (exact) mass is 175 g/mol. The zero-order valence-electron chi connectivity index (χ0n) is 6.88. The van der Waals surface area contributed by atoms with Crippen LogP contribution in [0.25, 0.3) is 0 Å². The highest BCUT2D eigenvalue weighted by Crippen LogP contribution is 2.02. The van der Waals surface area contributed by atoms with Crippen LogP contribution in [0.4, 0.5) is 11.6 Å². The van der Waals surface area contributed by atoms with Gasteiger partial charge in [0.15, 0.2) is 5.82 Å². The van der Waals surface area contributed by atoms with Gasteiger partial charge in [-0.2, -0.15) is 0 Å². The number of nitrogens with zero attached hydrogens (tertiary/aromatic N) is 3. The molecule has 13 heavy (non-hydrogen) atoms. The van der Waals surface area contributed by atoms with Crippen LogP contribution in [0.5, 0.6) is 0 Å². The third kappa shape index (κ3) is 1.76. The third-order valence-corrected chi connectivity index (χ3v) is 1.52. The molecule has 0 atom stereocenters. The summed E-state index contributed by atoms with van der Waals surface area (Å²) < 4.78 is 1.78. The zero-order chi connectivity index (χ0) is 9.10. The van der Waals surface area contributed by atoms with Gasteiger partial charge in [0, 0.05) is 12.4 Å². The van der Waals surface area contributed by atoms with Gasteiger partial charge in [0.05, 0.1) is 12.4 Å². The lowest BCUT2D eigenvalue weighted by Crippen LogP contribution is -2.07. The second-order valence-electron chi connectivity index (χ2n) is 2.53. The van der Waals surface area contributed by atoms with Crippen LogP contribution in [0, 0.1) is 0 Å². The van der Waals surface area contributed by atoms with Gasteiger partial charge in [-0.05, 0) is 12.1 Å². The number of nitrogen functional groups attached to an aromatic ring is 1. The molecule has 5 heteroatoms. The quantitative estimate of drug-likeness (QED) is 0.706. The Kier molecular flexibility index (Phi) is 1.84. The van der Waals surface area contributed by atoms with E-state index in [1.54, 1.807) is 10.9 Å². The van der Waals surface area contributed by atoms with Crippen LogP contribution in [0.15, 0.2) is 36.9 Å². The molecule has 0 saturated carbocycles. The van der Waals surface area contributed by atoms with Crippen LogP contribution in [-0.4, -0.2) is 14.6 Å². The summed E-state index contributed by atoms with van der Waals surface area (Å²) in [6, 6.07) is 3.83. The molecule has 0 radical (unpaired) electrons. The third-order valence-electron chi connectivity index (χ3n) is 1.52. The van der Waals surface area contributed by atoms with E-state index in [9.17, 15) is 0 Å². The van der Waals surface area contributed by atoms with Crippen molar-refractivity contribution >= 4 is 11.6 Å². The van der Waals surface area contributed by atoms with Crippen molar-refractivity contribution in [2.45, 2.75) is 0 Å². The molecule has 0 amide bonds. The predicted octanol–water partition coefficient (Wildman–Crippen LogP) is 0.736. The van der Waals surface area contributed by atoms with Crippen LogP contribution >= 0.6 is 0 Å². The fourth-order valence-electron chi connectivity index (χ4n) is 0.937. The number of nitrogens with one attached hydrogen (secondary N) is 1. The smallest absolute Gasteiger partial charge is 0.163 e. The molecule has 0 fully saturated rings. The van der Waals surface area contributed by atoms with E-state index in [0.717, 1.165) is 0 Å². The van der Waals surface area contributed by atoms with Gasteiger partial charge >= 0.3 is 0 Å². The molecule has 66 valence electrons. The minimum absolute atomic E-state index is 0.415. The summed E-state index contributed by atoms with van der Waals surface area (Å²) in [4.78, 5) is 7.93. The van der Waals surface area contributed by atoms with E-state index < -0.39 is 0 Å². The lowest BCUT2D eigenvalue weighted by atomic mass is 10.6. The van der Waals surface area contributed by atoms with Gasteiger partial charge in [-0.3, -0.25) is 10.1 Å². The summed E-state index contributed by atoms with van der Waals surface area (Å²) in [5.74, 6) is 1.07. The molecule has 2 heterocycles. The highest BCUT2D eigenvalue weighted by atomic mass is 15.4. The van der Waals surface area contributed by atoms with Gasteiger partial charge in [-0.1, -0.05) is 0 Å². The van der Waals surface area contributed by atoms with E-state index in [-0.39, 0.29) is 0 Å². The first kappa shape index (κ1) is 7.60. The largest absolute Gasteiger partial charge is 0.382 e. The Morgan fingerprint density at radius 2 is 1.92 bits per heavy atom. The van der Waals surface area contributed by atoms with Crippen molar-refractivity contribution in [2.24, 2.45) is 0 Å². The maximum atomic E-state index is 5.39. The minimum Gasteiger partial charge on any atom is -0.382 e. The average molecular weight is 175 g/mol. The maximum Gasteiger partial charge on any atom is 0.163 e. The molecule has 3 N–H and O–H groups in total. The lowest BCUT2D eigenvalue weighted by Gasteiger charge is -2.04. The molecular weight excluding hydrogens is 166 g/mol. The molecule has 0 spiro atoms. The Balaban J connectivity index is 2.15. The fraction of sp³-hybridized carbons (Fsp3) is 0. The second-order valence-corrected chi connectivity index (χ2v) is 2.53. The molecule has 2 rings (SSSR count). The topological polar surface area (TPSA) is 68.8 Å². The Morgan fingerprint density at radius 1 is 1.15 bits per heavy atom. The summed E-state index contributed by atoms with van der Waals surface area (Å²) in [5, 5.41) is 0. The number of hydrogen-bond acceptors (Lipinski definition) is 4. The van der Waals surface area contributed by atoms with Gasteiger partial charge in [0.25, 0.3) is 0 Å². The van der Waals surface area contributed by atoms with E-state index in [1.165, 1.54) is 6.20 Å². The molecule has 2 aromatic heterocycles. The minimum atomic E-state index is 0.415. The first-order valence-electron chi connectivity index (χ1n) is 3.82. The van der Waals surface area contributed by atoms with Gasteiger partial charge in [0.1, 0.15) is 5.82 Å². The lowest BCUT2D eigenvalue weighted by molar-refractivity contribution is 0.947. The van der Waals surface area contributed by atoms with Crippen LogP contribution in [0.2, 0.25) is 0 Å². The second kappa shape index (κ2) is 3.14. The standard InChI is InChI=1S/C8H9N5/c9-7-5-11-8(6-10-7)12-13-3-1-2-4-13/h1-6H,(H2,9,10)(H,11,12). The molecule has 0 aliphatic rings.